The Bertz CT molecular complexity index is 668. The third-order valence-corrected chi connectivity index (χ3v) is 4.60. The number of thiazole rings is 1. The van der Waals surface area contributed by atoms with E-state index in [1.807, 2.05) is 17.5 Å². The molecule has 1 aromatic heterocycles. The molecule has 0 saturated carbocycles. The highest BCUT2D eigenvalue weighted by atomic mass is 35.5. The minimum absolute atomic E-state index is 0. The molecule has 0 fully saturated rings. The van der Waals surface area contributed by atoms with Crippen LogP contribution in [0.15, 0.2) is 29.6 Å². The molecule has 0 saturated heterocycles. The van der Waals surface area contributed by atoms with Crippen LogP contribution in [0.2, 0.25) is 0 Å². The minimum Gasteiger partial charge on any atom is -0.375 e. The average molecular weight is 334 g/mol. The van der Waals surface area contributed by atoms with Crippen LogP contribution in [-0.2, 0) is 10.0 Å². The van der Waals surface area contributed by atoms with Crippen molar-refractivity contribution in [2.24, 2.45) is 0 Å². The van der Waals surface area contributed by atoms with E-state index in [9.17, 15) is 8.42 Å². The lowest BCUT2D eigenvalue weighted by molar-refractivity contribution is 0.598. The molecule has 2 rings (SSSR count). The van der Waals surface area contributed by atoms with Crippen LogP contribution in [-0.4, -0.2) is 26.2 Å². The Labute approximate surface area is 128 Å². The number of hydrogen-bond acceptors (Lipinski definition) is 5. The van der Waals surface area contributed by atoms with E-state index in [-0.39, 0.29) is 12.4 Å². The van der Waals surface area contributed by atoms with E-state index in [2.05, 4.69) is 4.98 Å². The summed E-state index contributed by atoms with van der Waals surface area (Å²) in [5.74, 6) is 0. The Morgan fingerprint density at radius 2 is 1.90 bits per heavy atom. The van der Waals surface area contributed by atoms with Gasteiger partial charge in [-0.25, -0.2) is 13.4 Å². The predicted octanol–water partition coefficient (Wildman–Crippen LogP) is 2.60. The van der Waals surface area contributed by atoms with E-state index in [1.54, 1.807) is 19.1 Å². The lowest BCUT2D eigenvalue weighted by Gasteiger charge is -2.20. The Balaban J connectivity index is 0.00000200. The van der Waals surface area contributed by atoms with Gasteiger partial charge in [0, 0.05) is 17.5 Å². The normalized spacial score (nSPS) is 10.9. The first-order valence-electron chi connectivity index (χ1n) is 5.71. The molecule has 1 aromatic carbocycles. The maximum absolute atomic E-state index is 11.6. The first kappa shape index (κ1) is 16.7. The molecule has 8 heteroatoms. The maximum Gasteiger partial charge on any atom is 0.232 e. The van der Waals surface area contributed by atoms with Crippen LogP contribution in [0, 0.1) is 0 Å². The van der Waals surface area contributed by atoms with Crippen LogP contribution in [0.1, 0.15) is 6.92 Å². The van der Waals surface area contributed by atoms with Crippen LogP contribution in [0.3, 0.4) is 0 Å². The highest BCUT2D eigenvalue weighted by Crippen LogP contribution is 2.26. The number of nitrogen functional groups attached to an aromatic ring is 1. The third-order valence-electron chi connectivity index (χ3n) is 2.66. The average Bonchev–Trinajstić information content (AvgIpc) is 2.76. The molecule has 0 aliphatic rings. The number of benzene rings is 1. The van der Waals surface area contributed by atoms with Gasteiger partial charge in [0.1, 0.15) is 0 Å². The van der Waals surface area contributed by atoms with E-state index in [0.29, 0.717) is 17.4 Å². The SMILES string of the molecule is CCN(c1ccc(-c2csc(N)n2)cc1)S(C)(=O)=O.Cl. The van der Waals surface area contributed by atoms with Crippen molar-refractivity contribution in [3.8, 4) is 11.3 Å². The number of halogens is 1. The Hall–Kier alpha value is -1.31. The third kappa shape index (κ3) is 3.62. The van der Waals surface area contributed by atoms with Crippen molar-refractivity contribution in [3.63, 3.8) is 0 Å². The summed E-state index contributed by atoms with van der Waals surface area (Å²) < 4.78 is 24.6. The summed E-state index contributed by atoms with van der Waals surface area (Å²) in [4.78, 5) is 4.19. The number of aromatic nitrogens is 1. The molecule has 5 nitrogen and oxygen atoms in total. The van der Waals surface area contributed by atoms with E-state index >= 15 is 0 Å². The second-order valence-corrected chi connectivity index (χ2v) is 6.84. The zero-order chi connectivity index (χ0) is 14.0. The zero-order valence-corrected chi connectivity index (χ0v) is 13.6. The lowest BCUT2D eigenvalue weighted by atomic mass is 10.1. The number of anilines is 2. The van der Waals surface area contributed by atoms with E-state index < -0.39 is 10.0 Å². The zero-order valence-electron chi connectivity index (χ0n) is 11.1. The number of nitrogens with zero attached hydrogens (tertiary/aromatic N) is 2. The van der Waals surface area contributed by atoms with Gasteiger partial charge in [-0.05, 0) is 19.1 Å². The number of nitrogens with two attached hydrogens (primary N) is 1. The molecule has 0 aliphatic heterocycles. The van der Waals surface area contributed by atoms with E-state index in [4.69, 9.17) is 5.73 Å². The number of sulfonamides is 1. The summed E-state index contributed by atoms with van der Waals surface area (Å²) in [5, 5.41) is 2.39. The van der Waals surface area contributed by atoms with Crippen LogP contribution < -0.4 is 10.0 Å². The number of hydrogen-bond donors (Lipinski definition) is 1. The van der Waals surface area contributed by atoms with Crippen molar-refractivity contribution in [1.29, 1.82) is 0 Å². The second kappa shape index (κ2) is 6.43. The molecule has 0 spiro atoms. The standard InChI is InChI=1S/C12H15N3O2S2.ClH/c1-3-15(19(2,16)17)10-6-4-9(5-7-10)11-8-18-12(13)14-11;/h4-8H,3H2,1-2H3,(H2,13,14);1H. The fourth-order valence-corrected chi connectivity index (χ4v) is 3.37. The predicted molar refractivity (Wildman–Crippen MR) is 87.1 cm³/mol. The molecular formula is C12H16ClN3O2S2. The van der Waals surface area contributed by atoms with Crippen LogP contribution in [0.4, 0.5) is 10.8 Å². The minimum atomic E-state index is -3.24. The Morgan fingerprint density at radius 1 is 1.30 bits per heavy atom. The highest BCUT2D eigenvalue weighted by Gasteiger charge is 2.15. The van der Waals surface area contributed by atoms with Crippen molar-refractivity contribution in [2.45, 2.75) is 6.92 Å². The van der Waals surface area contributed by atoms with Gasteiger partial charge < -0.3 is 5.73 Å². The van der Waals surface area contributed by atoms with Gasteiger partial charge in [-0.3, -0.25) is 4.31 Å². The van der Waals surface area contributed by atoms with Crippen molar-refractivity contribution < 1.29 is 8.42 Å². The Kier molecular flexibility index (Phi) is 5.38. The highest BCUT2D eigenvalue weighted by molar-refractivity contribution is 7.92. The summed E-state index contributed by atoms with van der Waals surface area (Å²) in [7, 11) is -3.24. The lowest BCUT2D eigenvalue weighted by Crippen LogP contribution is -2.29. The quantitative estimate of drug-likeness (QED) is 0.933. The molecule has 20 heavy (non-hydrogen) atoms. The molecule has 0 radical (unpaired) electrons. The van der Waals surface area contributed by atoms with Gasteiger partial charge in [-0.2, -0.15) is 0 Å². The van der Waals surface area contributed by atoms with Crippen molar-refractivity contribution in [3.05, 3.63) is 29.6 Å². The van der Waals surface area contributed by atoms with Crippen LogP contribution >= 0.6 is 23.7 Å². The Morgan fingerprint density at radius 3 is 2.30 bits per heavy atom. The monoisotopic (exact) mass is 333 g/mol. The van der Waals surface area contributed by atoms with Gasteiger partial charge in [0.25, 0.3) is 0 Å². The largest absolute Gasteiger partial charge is 0.375 e. The van der Waals surface area contributed by atoms with Gasteiger partial charge in [-0.1, -0.05) is 12.1 Å². The first-order chi connectivity index (χ1) is 8.91. The van der Waals surface area contributed by atoms with Crippen LogP contribution in [0.5, 0.6) is 0 Å². The smallest absolute Gasteiger partial charge is 0.232 e. The maximum atomic E-state index is 11.6. The molecule has 0 amide bonds. The summed E-state index contributed by atoms with van der Waals surface area (Å²) in [6.45, 7) is 2.21. The first-order valence-corrected chi connectivity index (χ1v) is 8.43. The van der Waals surface area contributed by atoms with Gasteiger partial charge in [0.05, 0.1) is 17.6 Å². The molecule has 1 heterocycles. The van der Waals surface area contributed by atoms with Crippen LogP contribution in [0.25, 0.3) is 11.3 Å². The molecule has 110 valence electrons. The second-order valence-electron chi connectivity index (χ2n) is 4.05. The van der Waals surface area contributed by atoms with Gasteiger partial charge >= 0.3 is 0 Å². The van der Waals surface area contributed by atoms with Gasteiger partial charge in [-0.15, -0.1) is 23.7 Å². The molecule has 0 aliphatic carbocycles. The molecule has 0 unspecified atom stereocenters. The van der Waals surface area contributed by atoms with Gasteiger partial charge in [0.2, 0.25) is 10.0 Å². The van der Waals surface area contributed by atoms with Crippen molar-refractivity contribution >= 4 is 44.6 Å². The van der Waals surface area contributed by atoms with E-state index in [0.717, 1.165) is 11.3 Å². The topological polar surface area (TPSA) is 76.3 Å². The molecule has 0 atom stereocenters. The fraction of sp³-hybridized carbons (Fsp3) is 0.250. The molecule has 0 bridgehead atoms. The molecular weight excluding hydrogens is 318 g/mol. The summed E-state index contributed by atoms with van der Waals surface area (Å²) in [6.07, 6.45) is 1.20. The summed E-state index contributed by atoms with van der Waals surface area (Å²) in [5.41, 5.74) is 7.96. The van der Waals surface area contributed by atoms with Crippen molar-refractivity contribution in [1.82, 2.24) is 4.98 Å². The van der Waals surface area contributed by atoms with E-state index in [1.165, 1.54) is 21.9 Å². The summed E-state index contributed by atoms with van der Waals surface area (Å²) >= 11 is 1.38. The van der Waals surface area contributed by atoms with Crippen molar-refractivity contribution in [2.75, 3.05) is 22.8 Å². The number of rotatable bonds is 4. The molecule has 2 N–H and O–H groups in total. The van der Waals surface area contributed by atoms with Gasteiger partial charge in [0.15, 0.2) is 5.13 Å². The fourth-order valence-electron chi connectivity index (χ4n) is 1.83. The summed E-state index contributed by atoms with van der Waals surface area (Å²) in [6, 6.07) is 7.24. The molecule has 2 aromatic rings.